The molecule has 32 heavy (non-hydrogen) atoms. The summed E-state index contributed by atoms with van der Waals surface area (Å²) in [6.07, 6.45) is 1.79. The summed E-state index contributed by atoms with van der Waals surface area (Å²) in [6.45, 7) is 3.42. The highest BCUT2D eigenvalue weighted by Gasteiger charge is 2.17. The molecule has 0 aliphatic rings. The zero-order valence-corrected chi connectivity index (χ0v) is 18.1. The number of amides is 1. The molecule has 3 aromatic heterocycles. The Balaban J connectivity index is 1.48. The number of aryl methyl sites for hydroxylation is 2. The van der Waals surface area contributed by atoms with Crippen LogP contribution >= 0.6 is 11.6 Å². The van der Waals surface area contributed by atoms with Crippen molar-refractivity contribution in [2.45, 2.75) is 13.8 Å². The molecule has 158 valence electrons. The van der Waals surface area contributed by atoms with Crippen LogP contribution in [0.15, 0.2) is 65.2 Å². The second kappa shape index (κ2) is 7.94. The molecule has 0 unspecified atom stereocenters. The number of H-pyrrole nitrogens is 1. The number of pyridine rings is 1. The van der Waals surface area contributed by atoms with Gasteiger partial charge in [-0.2, -0.15) is 0 Å². The molecule has 0 atom stereocenters. The van der Waals surface area contributed by atoms with Crippen LogP contribution in [0, 0.1) is 13.8 Å². The molecular formula is C24H18ClN5O2. The van der Waals surface area contributed by atoms with E-state index >= 15 is 0 Å². The van der Waals surface area contributed by atoms with Gasteiger partial charge in [0.25, 0.3) is 5.91 Å². The van der Waals surface area contributed by atoms with Gasteiger partial charge in [0.05, 0.1) is 16.2 Å². The summed E-state index contributed by atoms with van der Waals surface area (Å²) in [6, 6.07) is 17.2. The van der Waals surface area contributed by atoms with Gasteiger partial charge in [0.1, 0.15) is 5.82 Å². The highest BCUT2D eigenvalue weighted by Crippen LogP contribution is 2.31. The molecule has 0 bridgehead atoms. The normalized spacial score (nSPS) is 11.1. The molecule has 1 amide bonds. The number of imidazole rings is 1. The second-order valence-electron chi connectivity index (χ2n) is 7.34. The van der Waals surface area contributed by atoms with Crippen molar-refractivity contribution in [1.82, 2.24) is 19.9 Å². The third kappa shape index (κ3) is 3.74. The van der Waals surface area contributed by atoms with E-state index in [4.69, 9.17) is 16.0 Å². The predicted molar refractivity (Wildman–Crippen MR) is 124 cm³/mol. The van der Waals surface area contributed by atoms with Gasteiger partial charge in [0, 0.05) is 29.9 Å². The number of anilines is 1. The smallest absolute Gasteiger partial charge is 0.293 e. The number of nitrogens with zero attached hydrogens (tertiary/aromatic N) is 3. The van der Waals surface area contributed by atoms with Gasteiger partial charge in [0.15, 0.2) is 11.5 Å². The molecule has 8 heteroatoms. The maximum Gasteiger partial charge on any atom is 0.293 e. The third-order valence-electron chi connectivity index (χ3n) is 5.03. The van der Waals surface area contributed by atoms with Crippen LogP contribution < -0.4 is 5.32 Å². The van der Waals surface area contributed by atoms with E-state index in [9.17, 15) is 4.79 Å². The molecule has 0 radical (unpaired) electrons. The first kappa shape index (κ1) is 20.0. The fraction of sp³-hybridized carbons (Fsp3) is 0.0833. The number of carbonyl (C=O) groups is 1. The van der Waals surface area contributed by atoms with E-state index in [0.717, 1.165) is 16.6 Å². The summed E-state index contributed by atoms with van der Waals surface area (Å²) in [5.74, 6) is 0.801. The van der Waals surface area contributed by atoms with E-state index in [0.29, 0.717) is 39.3 Å². The molecule has 0 fully saturated rings. The van der Waals surface area contributed by atoms with Gasteiger partial charge in [-0.15, -0.1) is 0 Å². The van der Waals surface area contributed by atoms with Crippen molar-refractivity contribution in [3.05, 3.63) is 83.2 Å². The number of oxazole rings is 1. The average molecular weight is 444 g/mol. The zero-order valence-electron chi connectivity index (χ0n) is 17.3. The number of aromatic amines is 1. The number of halogens is 1. The molecule has 0 spiro atoms. The number of nitrogens with one attached hydrogen (secondary N) is 2. The minimum atomic E-state index is -0.379. The van der Waals surface area contributed by atoms with Gasteiger partial charge >= 0.3 is 0 Å². The Morgan fingerprint density at radius 1 is 1.03 bits per heavy atom. The number of benzene rings is 2. The number of hydrogen-bond donors (Lipinski definition) is 2. The van der Waals surface area contributed by atoms with Crippen molar-refractivity contribution in [3.8, 4) is 22.5 Å². The second-order valence-corrected chi connectivity index (χ2v) is 7.75. The third-order valence-corrected chi connectivity index (χ3v) is 5.36. The van der Waals surface area contributed by atoms with Crippen molar-refractivity contribution in [1.29, 1.82) is 0 Å². The van der Waals surface area contributed by atoms with Crippen LogP contribution in [0.3, 0.4) is 0 Å². The van der Waals surface area contributed by atoms with Crippen molar-refractivity contribution in [2.75, 3.05) is 5.32 Å². The summed E-state index contributed by atoms with van der Waals surface area (Å²) in [4.78, 5) is 29.1. The number of aromatic nitrogens is 4. The lowest BCUT2D eigenvalue weighted by molar-refractivity contribution is 0.0994. The van der Waals surface area contributed by atoms with Crippen LogP contribution in [0.2, 0.25) is 5.02 Å². The molecule has 7 nitrogen and oxygen atoms in total. The molecule has 5 aromatic rings. The fourth-order valence-corrected chi connectivity index (χ4v) is 3.74. The van der Waals surface area contributed by atoms with Gasteiger partial charge in [-0.25, -0.2) is 15.0 Å². The van der Waals surface area contributed by atoms with Crippen LogP contribution in [0.1, 0.15) is 22.1 Å². The Hall–Kier alpha value is -3.97. The lowest BCUT2D eigenvalue weighted by atomic mass is 10.1. The number of fused-ring (bicyclic) bond motifs is 1. The van der Waals surface area contributed by atoms with Crippen LogP contribution in [0.5, 0.6) is 0 Å². The summed E-state index contributed by atoms with van der Waals surface area (Å²) < 4.78 is 5.40. The topological polar surface area (TPSA) is 96.7 Å². The number of rotatable bonds is 4. The molecule has 2 aromatic carbocycles. The monoisotopic (exact) mass is 443 g/mol. The van der Waals surface area contributed by atoms with Crippen molar-refractivity contribution < 1.29 is 9.21 Å². The maximum absolute atomic E-state index is 12.6. The summed E-state index contributed by atoms with van der Waals surface area (Å²) in [7, 11) is 0. The van der Waals surface area contributed by atoms with Crippen LogP contribution in [0.4, 0.5) is 5.69 Å². The Bertz CT molecular complexity index is 1460. The first-order chi connectivity index (χ1) is 15.5. The Morgan fingerprint density at radius 3 is 2.59 bits per heavy atom. The number of carbonyl (C=O) groups excluding carboxylic acids is 1. The Morgan fingerprint density at radius 2 is 1.84 bits per heavy atom. The van der Waals surface area contributed by atoms with Gasteiger partial charge < -0.3 is 14.7 Å². The summed E-state index contributed by atoms with van der Waals surface area (Å²) >= 11 is 6.45. The highest BCUT2D eigenvalue weighted by molar-refractivity contribution is 6.33. The molecule has 0 saturated heterocycles. The van der Waals surface area contributed by atoms with E-state index in [1.54, 1.807) is 38.2 Å². The van der Waals surface area contributed by atoms with Gasteiger partial charge in [-0.3, -0.25) is 4.79 Å². The van der Waals surface area contributed by atoms with E-state index < -0.39 is 0 Å². The van der Waals surface area contributed by atoms with E-state index in [2.05, 4.69) is 25.3 Å². The molecule has 0 aliphatic carbocycles. The molecule has 0 saturated carbocycles. The highest BCUT2D eigenvalue weighted by atomic mass is 35.5. The number of hydrogen-bond acceptors (Lipinski definition) is 5. The lowest BCUT2D eigenvalue weighted by Gasteiger charge is -2.07. The average Bonchev–Trinajstić information content (AvgIpc) is 3.37. The Labute approximate surface area is 188 Å². The van der Waals surface area contributed by atoms with E-state index in [-0.39, 0.29) is 11.7 Å². The largest absolute Gasteiger partial charge is 0.436 e. The fourth-order valence-electron chi connectivity index (χ4n) is 3.53. The van der Waals surface area contributed by atoms with E-state index in [1.807, 2.05) is 36.4 Å². The van der Waals surface area contributed by atoms with E-state index in [1.165, 1.54) is 0 Å². The van der Waals surface area contributed by atoms with Crippen molar-refractivity contribution in [3.63, 3.8) is 0 Å². The van der Waals surface area contributed by atoms with Crippen LogP contribution in [0.25, 0.3) is 33.7 Å². The maximum atomic E-state index is 12.6. The van der Waals surface area contributed by atoms with Crippen molar-refractivity contribution in [2.24, 2.45) is 0 Å². The van der Waals surface area contributed by atoms with Gasteiger partial charge in [-0.05, 0) is 36.8 Å². The first-order valence-electron chi connectivity index (χ1n) is 9.94. The standard InChI is InChI=1S/C24H18ClN5O2/c1-13-21(32-14(2)27-13)24(31)28-17-8-9-19(25)18(11-17)22-29-20-10-16(12-26-23(20)30-22)15-6-4-3-5-7-15/h3-12H,1-2H3,(H,28,31)(H,26,29,30). The summed E-state index contributed by atoms with van der Waals surface area (Å²) in [5.41, 5.74) is 5.16. The molecular weight excluding hydrogens is 426 g/mol. The molecule has 2 N–H and O–H groups in total. The van der Waals surface area contributed by atoms with Gasteiger partial charge in [-0.1, -0.05) is 41.9 Å². The van der Waals surface area contributed by atoms with Crippen molar-refractivity contribution >= 4 is 34.4 Å². The minimum Gasteiger partial charge on any atom is -0.436 e. The van der Waals surface area contributed by atoms with Gasteiger partial charge in [0.2, 0.25) is 5.76 Å². The lowest BCUT2D eigenvalue weighted by Crippen LogP contribution is -2.12. The summed E-state index contributed by atoms with van der Waals surface area (Å²) in [5, 5.41) is 3.32. The molecule has 5 rings (SSSR count). The SMILES string of the molecule is Cc1nc(C)c(C(=O)Nc2ccc(Cl)c(-c3nc4ncc(-c5ccccc5)cc4[nH]3)c2)o1. The Kier molecular flexibility index (Phi) is 4.95. The van der Waals surface area contributed by atoms with Crippen LogP contribution in [-0.4, -0.2) is 25.8 Å². The predicted octanol–water partition coefficient (Wildman–Crippen LogP) is 5.80. The minimum absolute atomic E-state index is 0.181. The molecule has 0 aliphatic heterocycles. The quantitative estimate of drug-likeness (QED) is 0.365. The van der Waals surface area contributed by atoms with Crippen LogP contribution in [-0.2, 0) is 0 Å². The first-order valence-corrected chi connectivity index (χ1v) is 10.3. The zero-order chi connectivity index (χ0) is 22.2. The molecule has 3 heterocycles.